The molecule has 4 nitrogen and oxygen atoms in total. The number of hydrogen-bond acceptors (Lipinski definition) is 3. The van der Waals surface area contributed by atoms with E-state index in [1.54, 1.807) is 0 Å². The highest BCUT2D eigenvalue weighted by atomic mass is 32.1. The molecule has 0 fully saturated rings. The summed E-state index contributed by atoms with van der Waals surface area (Å²) in [6.07, 6.45) is 0.121. The maximum absolute atomic E-state index is 13.4. The van der Waals surface area contributed by atoms with E-state index in [4.69, 9.17) is 0 Å². The topological polar surface area (TPSA) is 58.2 Å². The number of likely N-dealkylation sites (N-methyl/N-ethyl adjacent to an activating group) is 1. The van der Waals surface area contributed by atoms with Crippen molar-refractivity contribution in [1.29, 1.82) is 0 Å². The van der Waals surface area contributed by atoms with Gasteiger partial charge < -0.3 is 10.6 Å². The Morgan fingerprint density at radius 1 is 1.17 bits per heavy atom. The zero-order valence-electron chi connectivity index (χ0n) is 12.7. The van der Waals surface area contributed by atoms with E-state index in [-0.39, 0.29) is 17.9 Å². The highest BCUT2D eigenvalue weighted by molar-refractivity contribution is 7.12. The van der Waals surface area contributed by atoms with Gasteiger partial charge in [-0.05, 0) is 36.8 Å². The van der Waals surface area contributed by atoms with Crippen LogP contribution in [0, 0.1) is 18.6 Å². The van der Waals surface area contributed by atoms with Crippen LogP contribution in [0.3, 0.4) is 0 Å². The van der Waals surface area contributed by atoms with Gasteiger partial charge in [0.05, 0.1) is 6.42 Å². The van der Waals surface area contributed by atoms with Gasteiger partial charge in [0.25, 0.3) is 0 Å². The van der Waals surface area contributed by atoms with E-state index in [2.05, 4.69) is 10.6 Å². The lowest BCUT2D eigenvalue weighted by Gasteiger charge is -2.17. The second kappa shape index (κ2) is 7.32. The molecule has 0 saturated carbocycles. The van der Waals surface area contributed by atoms with Crippen molar-refractivity contribution in [2.75, 3.05) is 7.05 Å². The summed E-state index contributed by atoms with van der Waals surface area (Å²) in [6, 6.07) is 5.77. The summed E-state index contributed by atoms with van der Waals surface area (Å²) in [5.74, 6) is -2.96. The van der Waals surface area contributed by atoms with Crippen LogP contribution in [-0.4, -0.2) is 18.9 Å². The highest BCUT2D eigenvalue weighted by Crippen LogP contribution is 2.19. The van der Waals surface area contributed by atoms with Crippen LogP contribution in [0.4, 0.5) is 8.78 Å². The molecule has 1 aromatic heterocycles. The monoisotopic (exact) mass is 338 g/mol. The molecular formula is C16H16F2N2O2S. The number of amides is 2. The van der Waals surface area contributed by atoms with Crippen LogP contribution in [0.1, 0.15) is 21.4 Å². The van der Waals surface area contributed by atoms with Crippen molar-refractivity contribution in [1.82, 2.24) is 10.6 Å². The number of aryl methyl sites for hydroxylation is 1. The van der Waals surface area contributed by atoms with Gasteiger partial charge in [-0.1, -0.05) is 6.07 Å². The molecule has 1 atom stereocenters. The van der Waals surface area contributed by atoms with E-state index in [9.17, 15) is 18.4 Å². The summed E-state index contributed by atoms with van der Waals surface area (Å²) in [7, 11) is 1.41. The third-order valence-corrected chi connectivity index (χ3v) is 4.22. The zero-order valence-corrected chi connectivity index (χ0v) is 13.5. The number of benzene rings is 1. The second-order valence-electron chi connectivity index (χ2n) is 4.98. The summed E-state index contributed by atoms with van der Waals surface area (Å²) in [4.78, 5) is 26.0. The smallest absolute Gasteiger partial charge is 0.246 e. The van der Waals surface area contributed by atoms with Crippen LogP contribution >= 0.6 is 11.3 Å². The van der Waals surface area contributed by atoms with E-state index >= 15 is 0 Å². The standard InChI is InChI=1S/C16H16F2N2O2S/c1-9-3-5-11(23-9)8-14(21)20-15(16(22)19-2)10-4-6-12(17)13(18)7-10/h3-7,15H,8H2,1-2H3,(H,19,22)(H,20,21). The molecule has 2 amide bonds. The molecule has 2 rings (SSSR count). The Morgan fingerprint density at radius 3 is 2.48 bits per heavy atom. The Labute approximate surface area is 136 Å². The van der Waals surface area contributed by atoms with Crippen LogP contribution < -0.4 is 10.6 Å². The lowest BCUT2D eigenvalue weighted by atomic mass is 10.1. The molecule has 0 aliphatic heterocycles. The first-order valence-electron chi connectivity index (χ1n) is 6.92. The first kappa shape index (κ1) is 17.1. The van der Waals surface area contributed by atoms with Crippen LogP contribution in [0.15, 0.2) is 30.3 Å². The molecule has 0 aliphatic rings. The Bertz CT molecular complexity index is 731. The number of carbonyl (C=O) groups is 2. The number of hydrogen-bond donors (Lipinski definition) is 2. The minimum absolute atomic E-state index is 0.121. The molecule has 2 aromatic rings. The number of halogens is 2. The summed E-state index contributed by atoms with van der Waals surface area (Å²) in [5, 5.41) is 4.96. The quantitative estimate of drug-likeness (QED) is 0.880. The summed E-state index contributed by atoms with van der Waals surface area (Å²) >= 11 is 1.49. The van der Waals surface area contributed by atoms with Gasteiger partial charge in [-0.25, -0.2) is 8.78 Å². The van der Waals surface area contributed by atoms with Crippen molar-refractivity contribution in [3.05, 3.63) is 57.3 Å². The minimum atomic E-state index is -1.08. The van der Waals surface area contributed by atoms with Gasteiger partial charge in [0.15, 0.2) is 11.6 Å². The molecule has 0 spiro atoms. The SMILES string of the molecule is CNC(=O)C(NC(=O)Cc1ccc(C)s1)c1ccc(F)c(F)c1. The molecule has 2 N–H and O–H groups in total. The maximum Gasteiger partial charge on any atom is 0.246 e. The van der Waals surface area contributed by atoms with Crippen LogP contribution in [0.25, 0.3) is 0 Å². The van der Waals surface area contributed by atoms with Gasteiger partial charge >= 0.3 is 0 Å². The predicted molar refractivity (Wildman–Crippen MR) is 84.1 cm³/mol. The Balaban J connectivity index is 2.16. The molecule has 23 heavy (non-hydrogen) atoms. The van der Waals surface area contributed by atoms with Crippen LogP contribution in [-0.2, 0) is 16.0 Å². The first-order valence-corrected chi connectivity index (χ1v) is 7.73. The normalized spacial score (nSPS) is 11.8. The van der Waals surface area contributed by atoms with Crippen LogP contribution in [0.2, 0.25) is 0 Å². The molecule has 1 heterocycles. The van der Waals surface area contributed by atoms with Crippen molar-refractivity contribution in [2.45, 2.75) is 19.4 Å². The van der Waals surface area contributed by atoms with Gasteiger partial charge in [-0.2, -0.15) is 0 Å². The van der Waals surface area contributed by atoms with E-state index in [1.165, 1.54) is 24.5 Å². The molecule has 7 heteroatoms. The predicted octanol–water partition coefficient (Wildman–Crippen LogP) is 2.48. The minimum Gasteiger partial charge on any atom is -0.357 e. The maximum atomic E-state index is 13.4. The third kappa shape index (κ3) is 4.35. The lowest BCUT2D eigenvalue weighted by molar-refractivity contribution is -0.128. The highest BCUT2D eigenvalue weighted by Gasteiger charge is 2.23. The molecule has 0 saturated heterocycles. The zero-order chi connectivity index (χ0) is 17.0. The van der Waals surface area contributed by atoms with Gasteiger partial charge in [0.2, 0.25) is 11.8 Å². The van der Waals surface area contributed by atoms with E-state index in [1.807, 2.05) is 19.1 Å². The Morgan fingerprint density at radius 2 is 1.91 bits per heavy atom. The van der Waals surface area contributed by atoms with E-state index in [0.717, 1.165) is 21.9 Å². The Hall–Kier alpha value is -2.28. The summed E-state index contributed by atoms with van der Waals surface area (Å²) in [6.45, 7) is 1.93. The third-order valence-electron chi connectivity index (χ3n) is 3.22. The Kier molecular flexibility index (Phi) is 5.44. The summed E-state index contributed by atoms with van der Waals surface area (Å²) < 4.78 is 26.4. The van der Waals surface area contributed by atoms with Gasteiger partial charge in [0, 0.05) is 16.8 Å². The average molecular weight is 338 g/mol. The largest absolute Gasteiger partial charge is 0.357 e. The summed E-state index contributed by atoms with van der Waals surface area (Å²) in [5.41, 5.74) is 0.180. The van der Waals surface area contributed by atoms with Crippen molar-refractivity contribution in [2.24, 2.45) is 0 Å². The number of nitrogens with one attached hydrogen (secondary N) is 2. The van der Waals surface area contributed by atoms with Gasteiger partial charge in [0.1, 0.15) is 6.04 Å². The fourth-order valence-corrected chi connectivity index (χ4v) is 2.98. The lowest BCUT2D eigenvalue weighted by Crippen LogP contribution is -2.39. The average Bonchev–Trinajstić information content (AvgIpc) is 2.92. The number of rotatable bonds is 5. The number of thiophene rings is 1. The number of carbonyl (C=O) groups excluding carboxylic acids is 2. The molecule has 0 bridgehead atoms. The van der Waals surface area contributed by atoms with Gasteiger partial charge in [-0.15, -0.1) is 11.3 Å². The van der Waals surface area contributed by atoms with Crippen LogP contribution in [0.5, 0.6) is 0 Å². The molecule has 1 aromatic carbocycles. The van der Waals surface area contributed by atoms with Gasteiger partial charge in [-0.3, -0.25) is 9.59 Å². The first-order chi connectivity index (χ1) is 10.9. The molecule has 1 unspecified atom stereocenters. The van der Waals surface area contributed by atoms with E-state index in [0.29, 0.717) is 0 Å². The molecule has 122 valence electrons. The fraction of sp³-hybridized carbons (Fsp3) is 0.250. The van der Waals surface area contributed by atoms with Crippen molar-refractivity contribution in [3.8, 4) is 0 Å². The molecular weight excluding hydrogens is 322 g/mol. The fourth-order valence-electron chi connectivity index (χ4n) is 2.09. The molecule has 0 radical (unpaired) electrons. The van der Waals surface area contributed by atoms with Crippen molar-refractivity contribution < 1.29 is 18.4 Å². The van der Waals surface area contributed by atoms with E-state index < -0.39 is 23.6 Å². The molecule has 0 aliphatic carbocycles. The second-order valence-corrected chi connectivity index (χ2v) is 6.35. The van der Waals surface area contributed by atoms with Crippen molar-refractivity contribution in [3.63, 3.8) is 0 Å². The van der Waals surface area contributed by atoms with Crippen molar-refractivity contribution >= 4 is 23.2 Å².